The number of aromatic nitrogens is 3. The zero-order valence-corrected chi connectivity index (χ0v) is 18.9. The standard InChI is InChI=1S/C23H31N5O2S/c1-31(29,30)21-9-14(11-25-23(21)24)19-10-20(28(26-19)16-5-2-3-6-16)22-17-12-27(13-18(17)22)15-7-4-8-15/h9-11,15-18,22H,2-8,12-13H2,1H3,(H2,24,25)/t17-,18+,22+. The summed E-state index contributed by atoms with van der Waals surface area (Å²) in [5.41, 5.74) is 8.74. The van der Waals surface area contributed by atoms with Crippen molar-refractivity contribution < 1.29 is 8.42 Å². The molecule has 3 atom stereocenters. The molecule has 8 heteroatoms. The fourth-order valence-electron chi connectivity index (χ4n) is 6.18. The minimum Gasteiger partial charge on any atom is -0.383 e. The highest BCUT2D eigenvalue weighted by Gasteiger charge is 2.58. The zero-order valence-electron chi connectivity index (χ0n) is 18.1. The van der Waals surface area contributed by atoms with Gasteiger partial charge in [0.25, 0.3) is 0 Å². The van der Waals surface area contributed by atoms with Crippen LogP contribution in [0, 0.1) is 11.8 Å². The predicted octanol–water partition coefficient (Wildman–Crippen LogP) is 3.24. The number of nitrogen functional groups attached to an aromatic ring is 1. The molecule has 3 aliphatic carbocycles. The molecule has 1 saturated heterocycles. The first-order valence-electron chi connectivity index (χ1n) is 11.7. The molecule has 3 heterocycles. The van der Waals surface area contributed by atoms with Crippen molar-refractivity contribution in [3.63, 3.8) is 0 Å². The van der Waals surface area contributed by atoms with E-state index in [0.717, 1.165) is 29.1 Å². The van der Waals surface area contributed by atoms with Crippen LogP contribution in [0.15, 0.2) is 23.2 Å². The third kappa shape index (κ3) is 3.30. The van der Waals surface area contributed by atoms with Crippen LogP contribution < -0.4 is 5.73 Å². The van der Waals surface area contributed by atoms with E-state index in [0.29, 0.717) is 12.0 Å². The van der Waals surface area contributed by atoms with Gasteiger partial charge in [-0.15, -0.1) is 0 Å². The highest BCUT2D eigenvalue weighted by atomic mass is 32.2. The van der Waals surface area contributed by atoms with Gasteiger partial charge in [0.05, 0.1) is 11.7 Å². The van der Waals surface area contributed by atoms with E-state index in [-0.39, 0.29) is 10.7 Å². The van der Waals surface area contributed by atoms with E-state index in [1.165, 1.54) is 70.0 Å². The molecule has 2 aromatic heterocycles. The lowest BCUT2D eigenvalue weighted by Crippen LogP contribution is -2.40. The first-order chi connectivity index (χ1) is 14.9. The van der Waals surface area contributed by atoms with Gasteiger partial charge >= 0.3 is 0 Å². The number of hydrogen-bond donors (Lipinski definition) is 1. The summed E-state index contributed by atoms with van der Waals surface area (Å²) in [5, 5.41) is 5.01. The van der Waals surface area contributed by atoms with Crippen molar-refractivity contribution in [2.75, 3.05) is 25.1 Å². The van der Waals surface area contributed by atoms with E-state index in [1.54, 1.807) is 12.3 Å². The molecule has 0 radical (unpaired) electrons. The van der Waals surface area contributed by atoms with Crippen molar-refractivity contribution >= 4 is 15.7 Å². The quantitative estimate of drug-likeness (QED) is 0.765. The summed E-state index contributed by atoms with van der Waals surface area (Å²) in [5.74, 6) is 2.15. The molecule has 0 bridgehead atoms. The molecule has 0 aromatic carbocycles. The Labute approximate surface area is 183 Å². The van der Waals surface area contributed by atoms with E-state index in [4.69, 9.17) is 10.8 Å². The second-order valence-corrected chi connectivity index (χ2v) is 12.1. The summed E-state index contributed by atoms with van der Waals surface area (Å²) < 4.78 is 26.6. The Morgan fingerprint density at radius 1 is 1.00 bits per heavy atom. The van der Waals surface area contributed by atoms with Crippen LogP contribution in [0.5, 0.6) is 0 Å². The number of nitrogens with zero attached hydrogens (tertiary/aromatic N) is 4. The molecular formula is C23H31N5O2S. The molecule has 4 fully saturated rings. The minimum atomic E-state index is -3.44. The summed E-state index contributed by atoms with van der Waals surface area (Å²) in [7, 11) is -3.44. The maximum atomic E-state index is 12.1. The van der Waals surface area contributed by atoms with E-state index >= 15 is 0 Å². The van der Waals surface area contributed by atoms with Gasteiger partial charge < -0.3 is 5.73 Å². The maximum Gasteiger partial charge on any atom is 0.179 e. The van der Waals surface area contributed by atoms with Crippen molar-refractivity contribution in [1.29, 1.82) is 0 Å². The lowest BCUT2D eigenvalue weighted by molar-refractivity contribution is 0.140. The van der Waals surface area contributed by atoms with Crippen molar-refractivity contribution in [3.05, 3.63) is 24.0 Å². The molecule has 0 unspecified atom stereocenters. The molecule has 2 aromatic rings. The number of hydrogen-bond acceptors (Lipinski definition) is 6. The lowest BCUT2D eigenvalue weighted by atomic mass is 9.91. The molecule has 166 valence electrons. The van der Waals surface area contributed by atoms with Crippen LogP contribution in [0.4, 0.5) is 5.82 Å². The number of nitrogens with two attached hydrogens (primary N) is 1. The highest BCUT2D eigenvalue weighted by molar-refractivity contribution is 7.90. The molecule has 0 amide bonds. The Balaban J connectivity index is 1.33. The maximum absolute atomic E-state index is 12.1. The second-order valence-electron chi connectivity index (χ2n) is 10.1. The van der Waals surface area contributed by atoms with Crippen molar-refractivity contribution in [3.8, 4) is 11.3 Å². The summed E-state index contributed by atoms with van der Waals surface area (Å²) in [6, 6.07) is 5.13. The van der Waals surface area contributed by atoms with Gasteiger partial charge in [0.2, 0.25) is 0 Å². The fourth-order valence-corrected chi connectivity index (χ4v) is 6.95. The number of fused-ring (bicyclic) bond motifs is 1. The Kier molecular flexibility index (Phi) is 4.48. The summed E-state index contributed by atoms with van der Waals surface area (Å²) in [4.78, 5) is 6.97. The third-order valence-electron chi connectivity index (χ3n) is 8.17. The minimum absolute atomic E-state index is 0.0505. The number of sulfone groups is 1. The number of rotatable bonds is 5. The van der Waals surface area contributed by atoms with Crippen LogP contribution >= 0.6 is 0 Å². The molecule has 6 rings (SSSR count). The molecule has 2 N–H and O–H groups in total. The molecule has 0 spiro atoms. The van der Waals surface area contributed by atoms with Gasteiger partial charge in [-0.25, -0.2) is 13.4 Å². The van der Waals surface area contributed by atoms with Crippen LogP contribution in [0.1, 0.15) is 62.6 Å². The second kappa shape index (κ2) is 7.04. The van der Waals surface area contributed by atoms with Gasteiger partial charge in [0, 0.05) is 48.8 Å². The summed E-state index contributed by atoms with van der Waals surface area (Å²) in [6.45, 7) is 2.46. The molecule has 31 heavy (non-hydrogen) atoms. The van der Waals surface area contributed by atoms with Gasteiger partial charge in [0.1, 0.15) is 10.7 Å². The van der Waals surface area contributed by atoms with E-state index in [9.17, 15) is 8.42 Å². The van der Waals surface area contributed by atoms with Gasteiger partial charge in [0.15, 0.2) is 9.84 Å². The van der Waals surface area contributed by atoms with E-state index in [1.807, 2.05) is 0 Å². The fraction of sp³-hybridized carbons (Fsp3) is 0.652. The van der Waals surface area contributed by atoms with E-state index in [2.05, 4.69) is 20.6 Å². The molecule has 7 nitrogen and oxygen atoms in total. The van der Waals surface area contributed by atoms with Crippen LogP contribution in [-0.4, -0.2) is 53.5 Å². The number of pyridine rings is 1. The Morgan fingerprint density at radius 3 is 2.29 bits per heavy atom. The van der Waals surface area contributed by atoms with Crippen molar-refractivity contribution in [2.24, 2.45) is 11.8 Å². The Bertz CT molecular complexity index is 1100. The van der Waals surface area contributed by atoms with Crippen LogP contribution in [0.2, 0.25) is 0 Å². The first-order valence-corrected chi connectivity index (χ1v) is 13.6. The highest BCUT2D eigenvalue weighted by Crippen LogP contribution is 2.60. The number of piperidine rings is 1. The number of likely N-dealkylation sites (tertiary alicyclic amines) is 1. The molecule has 4 aliphatic rings. The molecule has 1 aliphatic heterocycles. The molecular weight excluding hydrogens is 410 g/mol. The predicted molar refractivity (Wildman–Crippen MR) is 119 cm³/mol. The van der Waals surface area contributed by atoms with Crippen LogP contribution in [0.25, 0.3) is 11.3 Å². The van der Waals surface area contributed by atoms with Gasteiger partial charge in [-0.1, -0.05) is 19.3 Å². The van der Waals surface area contributed by atoms with Crippen molar-refractivity contribution in [1.82, 2.24) is 19.7 Å². The lowest BCUT2D eigenvalue weighted by Gasteiger charge is -2.36. The average molecular weight is 442 g/mol. The normalized spacial score (nSPS) is 29.3. The summed E-state index contributed by atoms with van der Waals surface area (Å²) >= 11 is 0. The van der Waals surface area contributed by atoms with Crippen LogP contribution in [-0.2, 0) is 9.84 Å². The largest absolute Gasteiger partial charge is 0.383 e. The Hall–Kier alpha value is -1.93. The van der Waals surface area contributed by atoms with Gasteiger partial charge in [-0.3, -0.25) is 9.58 Å². The first kappa shape index (κ1) is 19.7. The Morgan fingerprint density at radius 2 is 1.68 bits per heavy atom. The average Bonchev–Trinajstić information content (AvgIpc) is 3.17. The SMILES string of the molecule is CS(=O)(=O)c1cc(-c2cc([C@H]3[C@@H]4CN(C5CCC5)C[C@@H]43)n(C3CCCC3)n2)cnc1N. The number of anilines is 1. The molecule has 3 saturated carbocycles. The third-order valence-corrected chi connectivity index (χ3v) is 9.29. The zero-order chi connectivity index (χ0) is 21.3. The topological polar surface area (TPSA) is 94.1 Å². The monoisotopic (exact) mass is 441 g/mol. The smallest absolute Gasteiger partial charge is 0.179 e. The summed E-state index contributed by atoms with van der Waals surface area (Å²) in [6.07, 6.45) is 11.8. The van der Waals surface area contributed by atoms with Gasteiger partial charge in [-0.2, -0.15) is 5.10 Å². The van der Waals surface area contributed by atoms with Crippen molar-refractivity contribution in [2.45, 2.75) is 67.8 Å². The van der Waals surface area contributed by atoms with E-state index < -0.39 is 9.84 Å². The van der Waals surface area contributed by atoms with Gasteiger partial charge in [-0.05, 0) is 49.7 Å². The van der Waals surface area contributed by atoms with Crippen LogP contribution in [0.3, 0.4) is 0 Å².